The highest BCUT2D eigenvalue weighted by atomic mass is 35.5. The first kappa shape index (κ1) is 16.0. The number of amides is 1. The van der Waals surface area contributed by atoms with E-state index in [-0.39, 0.29) is 11.8 Å². The van der Waals surface area contributed by atoms with Crippen molar-refractivity contribution in [3.63, 3.8) is 0 Å². The Kier molecular flexibility index (Phi) is 6.35. The summed E-state index contributed by atoms with van der Waals surface area (Å²) in [5, 5.41) is 8.09. The Morgan fingerprint density at radius 1 is 1.37 bits per heavy atom. The Balaban J connectivity index is 2.35. The Hall–Kier alpha value is -1.03. The Morgan fingerprint density at radius 2 is 2.00 bits per heavy atom. The van der Waals surface area contributed by atoms with Crippen molar-refractivity contribution in [2.45, 2.75) is 53.5 Å². The molecule has 1 heterocycles. The zero-order valence-corrected chi connectivity index (χ0v) is 13.0. The molecule has 1 aromatic rings. The quantitative estimate of drug-likeness (QED) is 0.783. The third-order valence-corrected chi connectivity index (χ3v) is 4.04. The van der Waals surface area contributed by atoms with Crippen LogP contribution < -0.4 is 5.32 Å². The summed E-state index contributed by atoms with van der Waals surface area (Å²) in [5.74, 6) is 0.305. The smallest absolute Gasteiger partial charge is 0.223 e. The lowest BCUT2D eigenvalue weighted by atomic mass is 10.0. The van der Waals surface area contributed by atoms with Crippen LogP contribution in [-0.4, -0.2) is 22.2 Å². The van der Waals surface area contributed by atoms with Crippen LogP contribution in [0.1, 0.15) is 44.5 Å². The normalized spacial score (nSPS) is 11.1. The molecular weight excluding hydrogens is 262 g/mol. The van der Waals surface area contributed by atoms with Crippen LogP contribution in [0.15, 0.2) is 0 Å². The maximum atomic E-state index is 11.8. The summed E-state index contributed by atoms with van der Waals surface area (Å²) in [5.41, 5.74) is 1.85. The monoisotopic (exact) mass is 285 g/mol. The van der Waals surface area contributed by atoms with Gasteiger partial charge in [0.25, 0.3) is 0 Å². The minimum absolute atomic E-state index is 0.142. The summed E-state index contributed by atoms with van der Waals surface area (Å²) in [7, 11) is 0. The zero-order chi connectivity index (χ0) is 14.4. The number of hydrogen-bond acceptors (Lipinski definition) is 2. The molecule has 0 spiro atoms. The highest BCUT2D eigenvalue weighted by molar-refractivity contribution is 6.31. The molecule has 0 aliphatic rings. The predicted molar refractivity (Wildman–Crippen MR) is 78.4 cm³/mol. The van der Waals surface area contributed by atoms with Crippen molar-refractivity contribution in [3.8, 4) is 0 Å². The SMILES string of the molecule is CCC(CC)C(=O)NCCCn1nc(C)c(Cl)c1C. The number of aromatic nitrogens is 2. The van der Waals surface area contributed by atoms with Crippen LogP contribution in [0, 0.1) is 19.8 Å². The average molecular weight is 286 g/mol. The summed E-state index contributed by atoms with van der Waals surface area (Å²) in [4.78, 5) is 11.8. The number of halogens is 1. The van der Waals surface area contributed by atoms with E-state index in [1.54, 1.807) is 0 Å². The molecule has 19 heavy (non-hydrogen) atoms. The van der Waals surface area contributed by atoms with Crippen LogP contribution in [0.25, 0.3) is 0 Å². The molecule has 0 fully saturated rings. The maximum absolute atomic E-state index is 11.8. The minimum atomic E-state index is 0.142. The van der Waals surface area contributed by atoms with Gasteiger partial charge in [-0.25, -0.2) is 0 Å². The average Bonchev–Trinajstić information content (AvgIpc) is 2.64. The largest absolute Gasteiger partial charge is 0.356 e. The van der Waals surface area contributed by atoms with Crippen molar-refractivity contribution in [1.29, 1.82) is 0 Å². The standard InChI is InChI=1S/C14H24ClN3O/c1-5-12(6-2)14(19)16-8-7-9-18-11(4)13(15)10(3)17-18/h12H,5-9H2,1-4H3,(H,16,19). The minimum Gasteiger partial charge on any atom is -0.356 e. The molecule has 1 rings (SSSR count). The second-order valence-corrected chi connectivity index (χ2v) is 5.24. The van der Waals surface area contributed by atoms with Crippen molar-refractivity contribution >= 4 is 17.5 Å². The molecule has 0 aliphatic heterocycles. The van der Waals surface area contributed by atoms with Gasteiger partial charge in [0, 0.05) is 19.0 Å². The fraction of sp³-hybridized carbons (Fsp3) is 0.714. The number of nitrogens with one attached hydrogen (secondary N) is 1. The molecule has 0 unspecified atom stereocenters. The number of aryl methyl sites for hydroxylation is 2. The first-order valence-electron chi connectivity index (χ1n) is 6.98. The zero-order valence-electron chi connectivity index (χ0n) is 12.3. The molecule has 0 saturated heterocycles. The predicted octanol–water partition coefficient (Wildman–Crippen LogP) is 3.10. The van der Waals surface area contributed by atoms with Crippen LogP contribution in [0.5, 0.6) is 0 Å². The van der Waals surface area contributed by atoms with Crippen LogP contribution in [0.2, 0.25) is 5.02 Å². The molecule has 108 valence electrons. The summed E-state index contributed by atoms with van der Waals surface area (Å²) in [6.45, 7) is 9.43. The first-order chi connectivity index (χ1) is 9.01. The van der Waals surface area contributed by atoms with Crippen LogP contribution in [0.3, 0.4) is 0 Å². The topological polar surface area (TPSA) is 46.9 Å². The van der Waals surface area contributed by atoms with Gasteiger partial charge in [-0.1, -0.05) is 25.4 Å². The van der Waals surface area contributed by atoms with Crippen molar-refractivity contribution in [2.24, 2.45) is 5.92 Å². The second-order valence-electron chi connectivity index (χ2n) is 4.87. The highest BCUT2D eigenvalue weighted by Gasteiger charge is 2.13. The summed E-state index contributed by atoms with van der Waals surface area (Å²) < 4.78 is 1.90. The number of carbonyl (C=O) groups is 1. The molecule has 0 aliphatic carbocycles. The Labute approximate surface area is 120 Å². The van der Waals surface area contributed by atoms with Gasteiger partial charge in [0.2, 0.25) is 5.91 Å². The van der Waals surface area contributed by atoms with E-state index >= 15 is 0 Å². The Morgan fingerprint density at radius 3 is 2.47 bits per heavy atom. The summed E-state index contributed by atoms with van der Waals surface area (Å²) in [6.07, 6.45) is 2.66. The van der Waals surface area contributed by atoms with Crippen LogP contribution in [-0.2, 0) is 11.3 Å². The van der Waals surface area contributed by atoms with Gasteiger partial charge in [0.1, 0.15) is 0 Å². The van der Waals surface area contributed by atoms with E-state index in [1.807, 2.05) is 32.4 Å². The lowest BCUT2D eigenvalue weighted by molar-refractivity contribution is -0.125. The molecule has 1 N–H and O–H groups in total. The van der Waals surface area contributed by atoms with Gasteiger partial charge in [-0.3, -0.25) is 9.48 Å². The van der Waals surface area contributed by atoms with Crippen molar-refractivity contribution in [3.05, 3.63) is 16.4 Å². The summed E-state index contributed by atoms with van der Waals surface area (Å²) >= 11 is 6.09. The van der Waals surface area contributed by atoms with Crippen LogP contribution in [0.4, 0.5) is 0 Å². The number of nitrogens with zero attached hydrogens (tertiary/aromatic N) is 2. The number of rotatable bonds is 7. The lowest BCUT2D eigenvalue weighted by Crippen LogP contribution is -2.31. The molecule has 0 atom stereocenters. The maximum Gasteiger partial charge on any atom is 0.223 e. The Bertz CT molecular complexity index is 425. The van der Waals surface area contributed by atoms with Gasteiger partial charge in [-0.2, -0.15) is 5.10 Å². The molecule has 0 saturated carbocycles. The highest BCUT2D eigenvalue weighted by Crippen LogP contribution is 2.18. The third kappa shape index (κ3) is 4.23. The van der Waals surface area contributed by atoms with Gasteiger partial charge < -0.3 is 5.32 Å². The van der Waals surface area contributed by atoms with Gasteiger partial charge in [0.05, 0.1) is 16.4 Å². The summed E-state index contributed by atoms with van der Waals surface area (Å²) in [6, 6.07) is 0. The van der Waals surface area contributed by atoms with Gasteiger partial charge in [0.15, 0.2) is 0 Å². The molecule has 1 amide bonds. The van der Waals surface area contributed by atoms with E-state index in [9.17, 15) is 4.79 Å². The molecule has 0 radical (unpaired) electrons. The van der Waals surface area contributed by atoms with E-state index in [4.69, 9.17) is 11.6 Å². The first-order valence-corrected chi connectivity index (χ1v) is 7.36. The van der Waals surface area contributed by atoms with Crippen molar-refractivity contribution < 1.29 is 4.79 Å². The van der Waals surface area contributed by atoms with Gasteiger partial charge in [-0.05, 0) is 33.1 Å². The van der Waals surface area contributed by atoms with E-state index in [0.29, 0.717) is 6.54 Å². The fourth-order valence-corrected chi connectivity index (χ4v) is 2.27. The van der Waals surface area contributed by atoms with E-state index in [1.165, 1.54) is 0 Å². The second kappa shape index (κ2) is 7.53. The molecule has 1 aromatic heterocycles. The molecule has 0 bridgehead atoms. The van der Waals surface area contributed by atoms with E-state index < -0.39 is 0 Å². The molecule has 0 aromatic carbocycles. The van der Waals surface area contributed by atoms with Gasteiger partial charge in [-0.15, -0.1) is 0 Å². The van der Waals surface area contributed by atoms with Crippen molar-refractivity contribution in [2.75, 3.05) is 6.54 Å². The van der Waals surface area contributed by atoms with E-state index in [2.05, 4.69) is 10.4 Å². The molecule has 4 nitrogen and oxygen atoms in total. The van der Waals surface area contributed by atoms with Crippen LogP contribution >= 0.6 is 11.6 Å². The molecule has 5 heteroatoms. The van der Waals surface area contributed by atoms with Gasteiger partial charge >= 0.3 is 0 Å². The number of hydrogen-bond donors (Lipinski definition) is 1. The van der Waals surface area contributed by atoms with Crippen molar-refractivity contribution in [1.82, 2.24) is 15.1 Å². The molecular formula is C14H24ClN3O. The lowest BCUT2D eigenvalue weighted by Gasteiger charge is -2.12. The van der Waals surface area contributed by atoms with E-state index in [0.717, 1.165) is 42.2 Å². The third-order valence-electron chi connectivity index (χ3n) is 3.50. The number of carbonyl (C=O) groups excluding carboxylic acids is 1. The fourth-order valence-electron chi connectivity index (χ4n) is 2.14.